The maximum atomic E-state index is 9.83. The highest BCUT2D eigenvalue weighted by Crippen LogP contribution is 2.34. The molecule has 3 unspecified atom stereocenters. The first-order chi connectivity index (χ1) is 4.68. The molecular weight excluding hydrogens is 126 g/mol. The average molecular weight is 141 g/mol. The van der Waals surface area contributed by atoms with Crippen molar-refractivity contribution in [3.05, 3.63) is 0 Å². The number of rotatable bonds is 0. The van der Waals surface area contributed by atoms with Crippen molar-refractivity contribution in [1.82, 2.24) is 4.90 Å². The molecule has 2 rings (SSSR count). The van der Waals surface area contributed by atoms with Gasteiger partial charge in [-0.05, 0) is 26.3 Å². The van der Waals surface area contributed by atoms with Gasteiger partial charge in [0.05, 0.1) is 5.60 Å². The van der Waals surface area contributed by atoms with E-state index in [0.29, 0.717) is 5.92 Å². The summed E-state index contributed by atoms with van der Waals surface area (Å²) in [6.45, 7) is 5.43. The fraction of sp³-hybridized carbons (Fsp3) is 1.00. The van der Waals surface area contributed by atoms with Crippen molar-refractivity contribution in [2.75, 3.05) is 19.6 Å². The number of hydrogen-bond donors (Lipinski definition) is 1. The van der Waals surface area contributed by atoms with Gasteiger partial charge in [0.2, 0.25) is 0 Å². The zero-order chi connectivity index (χ0) is 7.19. The first-order valence-electron chi connectivity index (χ1n) is 4.13. The molecule has 2 fully saturated rings. The molecule has 1 N–H and O–H groups in total. The molecule has 0 aliphatic carbocycles. The summed E-state index contributed by atoms with van der Waals surface area (Å²) in [6.07, 6.45) is 2.17. The van der Waals surface area contributed by atoms with Gasteiger partial charge in [0.15, 0.2) is 0 Å². The maximum Gasteiger partial charge on any atom is 0.0672 e. The van der Waals surface area contributed by atoms with Crippen molar-refractivity contribution in [2.24, 2.45) is 5.92 Å². The largest absolute Gasteiger partial charge is 0.390 e. The molecule has 0 amide bonds. The van der Waals surface area contributed by atoms with Gasteiger partial charge in [-0.2, -0.15) is 0 Å². The summed E-state index contributed by atoms with van der Waals surface area (Å²) in [6, 6.07) is 0. The van der Waals surface area contributed by atoms with Crippen molar-refractivity contribution < 1.29 is 5.11 Å². The number of piperidine rings is 1. The van der Waals surface area contributed by atoms with Crippen molar-refractivity contribution >= 4 is 0 Å². The van der Waals surface area contributed by atoms with Crippen LogP contribution >= 0.6 is 0 Å². The number of aliphatic hydroxyl groups is 1. The van der Waals surface area contributed by atoms with Crippen molar-refractivity contribution in [3.63, 3.8) is 0 Å². The van der Waals surface area contributed by atoms with E-state index in [4.69, 9.17) is 0 Å². The summed E-state index contributed by atoms with van der Waals surface area (Å²) in [7, 11) is 0. The normalized spacial score (nSPS) is 53.4. The molecule has 2 nitrogen and oxygen atoms in total. The summed E-state index contributed by atoms with van der Waals surface area (Å²) in [5.74, 6) is 0.557. The Hall–Kier alpha value is -0.0800. The molecule has 2 heterocycles. The lowest BCUT2D eigenvalue weighted by Crippen LogP contribution is -2.43. The molecule has 2 saturated heterocycles. The van der Waals surface area contributed by atoms with E-state index in [2.05, 4.69) is 4.90 Å². The van der Waals surface area contributed by atoms with Crippen molar-refractivity contribution in [1.29, 1.82) is 0 Å². The summed E-state index contributed by atoms with van der Waals surface area (Å²) in [4.78, 5) is 2.45. The first-order valence-corrected chi connectivity index (χ1v) is 4.13. The van der Waals surface area contributed by atoms with Gasteiger partial charge in [0.1, 0.15) is 0 Å². The van der Waals surface area contributed by atoms with Crippen LogP contribution in [-0.4, -0.2) is 35.2 Å². The Bertz CT molecular complexity index is 144. The Balaban J connectivity index is 2.14. The van der Waals surface area contributed by atoms with Gasteiger partial charge in [0.25, 0.3) is 0 Å². The lowest BCUT2D eigenvalue weighted by molar-refractivity contribution is -0.0279. The minimum atomic E-state index is -0.354. The van der Waals surface area contributed by atoms with Gasteiger partial charge in [-0.25, -0.2) is 0 Å². The van der Waals surface area contributed by atoms with Crippen LogP contribution in [0.15, 0.2) is 0 Å². The Morgan fingerprint density at radius 2 is 2.30 bits per heavy atom. The van der Waals surface area contributed by atoms with Gasteiger partial charge in [0, 0.05) is 19.0 Å². The van der Waals surface area contributed by atoms with Crippen LogP contribution in [-0.2, 0) is 0 Å². The predicted molar refractivity (Wildman–Crippen MR) is 39.8 cm³/mol. The smallest absolute Gasteiger partial charge is 0.0672 e. The Labute approximate surface area is 61.8 Å². The van der Waals surface area contributed by atoms with E-state index in [9.17, 15) is 5.11 Å². The van der Waals surface area contributed by atoms with E-state index in [-0.39, 0.29) is 5.60 Å². The van der Waals surface area contributed by atoms with E-state index < -0.39 is 0 Å². The highest BCUT2D eigenvalue weighted by Gasteiger charge is 2.41. The second-order valence-electron chi connectivity index (χ2n) is 3.89. The van der Waals surface area contributed by atoms with Gasteiger partial charge >= 0.3 is 0 Å². The molecule has 2 aliphatic rings. The van der Waals surface area contributed by atoms with Crippen LogP contribution in [0.25, 0.3) is 0 Å². The fourth-order valence-electron chi connectivity index (χ4n) is 2.13. The van der Waals surface area contributed by atoms with Crippen LogP contribution in [0.5, 0.6) is 0 Å². The number of fused-ring (bicyclic) bond motifs is 2. The van der Waals surface area contributed by atoms with Crippen molar-refractivity contribution in [2.45, 2.75) is 25.4 Å². The summed E-state index contributed by atoms with van der Waals surface area (Å²) < 4.78 is 0. The van der Waals surface area contributed by atoms with Gasteiger partial charge < -0.3 is 10.0 Å². The molecule has 3 atom stereocenters. The van der Waals surface area contributed by atoms with Gasteiger partial charge in [-0.3, -0.25) is 0 Å². The SMILES string of the molecule is CC1(O)CCN2CCC1C2. The zero-order valence-corrected chi connectivity index (χ0v) is 6.51. The molecule has 0 aromatic heterocycles. The molecule has 0 aromatic carbocycles. The lowest BCUT2D eigenvalue weighted by atomic mass is 9.84. The number of nitrogens with zero attached hydrogens (tertiary/aromatic N) is 1. The van der Waals surface area contributed by atoms with E-state index in [1.54, 1.807) is 0 Å². The van der Waals surface area contributed by atoms with Crippen LogP contribution in [0.4, 0.5) is 0 Å². The monoisotopic (exact) mass is 141 g/mol. The van der Waals surface area contributed by atoms with E-state index in [1.165, 1.54) is 13.0 Å². The van der Waals surface area contributed by atoms with Gasteiger partial charge in [-0.15, -0.1) is 0 Å². The first kappa shape index (κ1) is 6.62. The molecule has 58 valence electrons. The van der Waals surface area contributed by atoms with Crippen LogP contribution < -0.4 is 0 Å². The topological polar surface area (TPSA) is 23.5 Å². The highest BCUT2D eigenvalue weighted by atomic mass is 16.3. The summed E-state index contributed by atoms with van der Waals surface area (Å²) >= 11 is 0. The van der Waals surface area contributed by atoms with Crippen LogP contribution in [0.2, 0.25) is 0 Å². The molecule has 0 spiro atoms. The molecule has 2 heteroatoms. The molecule has 0 aromatic rings. The standard InChI is InChI=1S/C8H15NO/c1-8(10)3-5-9-4-2-7(8)6-9/h7,10H,2-6H2,1H3. The zero-order valence-electron chi connectivity index (χ0n) is 6.51. The van der Waals surface area contributed by atoms with E-state index >= 15 is 0 Å². The summed E-state index contributed by atoms with van der Waals surface area (Å²) in [5.41, 5.74) is -0.354. The van der Waals surface area contributed by atoms with E-state index in [1.807, 2.05) is 6.92 Å². The summed E-state index contributed by atoms with van der Waals surface area (Å²) in [5, 5.41) is 9.83. The average Bonchev–Trinajstić information content (AvgIpc) is 2.26. The Morgan fingerprint density at radius 3 is 3.00 bits per heavy atom. The third-order valence-electron chi connectivity index (χ3n) is 3.09. The quantitative estimate of drug-likeness (QED) is 0.530. The fourth-order valence-corrected chi connectivity index (χ4v) is 2.13. The maximum absolute atomic E-state index is 9.83. The van der Waals surface area contributed by atoms with Gasteiger partial charge in [-0.1, -0.05) is 0 Å². The number of hydrogen-bond acceptors (Lipinski definition) is 2. The third-order valence-corrected chi connectivity index (χ3v) is 3.09. The minimum Gasteiger partial charge on any atom is -0.390 e. The second kappa shape index (κ2) is 1.95. The molecule has 2 aliphatic heterocycles. The minimum absolute atomic E-state index is 0.354. The Kier molecular flexibility index (Phi) is 1.29. The molecular formula is C8H15NO. The molecule has 0 radical (unpaired) electrons. The Morgan fingerprint density at radius 1 is 1.50 bits per heavy atom. The predicted octanol–water partition coefficient (Wildman–Crippen LogP) is 0.463. The molecule has 10 heavy (non-hydrogen) atoms. The highest BCUT2D eigenvalue weighted by molar-refractivity contribution is 4.94. The lowest BCUT2D eigenvalue weighted by Gasteiger charge is -2.35. The van der Waals surface area contributed by atoms with Crippen molar-refractivity contribution in [3.8, 4) is 0 Å². The van der Waals surface area contributed by atoms with Crippen LogP contribution in [0.3, 0.4) is 0 Å². The van der Waals surface area contributed by atoms with Crippen LogP contribution in [0.1, 0.15) is 19.8 Å². The third kappa shape index (κ3) is 0.867. The second-order valence-corrected chi connectivity index (χ2v) is 3.89. The van der Waals surface area contributed by atoms with Crippen LogP contribution in [0, 0.1) is 5.92 Å². The molecule has 2 bridgehead atoms. The van der Waals surface area contributed by atoms with E-state index in [0.717, 1.165) is 19.5 Å². The molecule has 0 saturated carbocycles.